The van der Waals surface area contributed by atoms with Gasteiger partial charge in [-0.2, -0.15) is 0 Å². The van der Waals surface area contributed by atoms with Crippen molar-refractivity contribution in [2.75, 3.05) is 5.88 Å². The van der Waals surface area contributed by atoms with Gasteiger partial charge in [-0.3, -0.25) is 0 Å². The van der Waals surface area contributed by atoms with Gasteiger partial charge >= 0.3 is 0 Å². The van der Waals surface area contributed by atoms with E-state index < -0.39 is 0 Å². The molecule has 0 heterocycles. The van der Waals surface area contributed by atoms with Crippen molar-refractivity contribution < 1.29 is 9.13 Å². The summed E-state index contributed by atoms with van der Waals surface area (Å²) >= 11 is 5.56. The quantitative estimate of drug-likeness (QED) is 0.604. The Morgan fingerprint density at radius 3 is 2.80 bits per heavy atom. The monoisotopic (exact) mass is 288 g/mol. The van der Waals surface area contributed by atoms with Crippen LogP contribution in [0.15, 0.2) is 42.5 Å². The molecule has 0 aliphatic heterocycles. The molecular formula is C17H14ClFO. The van der Waals surface area contributed by atoms with Crippen molar-refractivity contribution in [1.29, 1.82) is 0 Å². The van der Waals surface area contributed by atoms with Crippen LogP contribution in [0.25, 0.3) is 0 Å². The Kier molecular flexibility index (Phi) is 5.03. The molecule has 0 radical (unpaired) electrons. The van der Waals surface area contributed by atoms with Crippen LogP contribution in [0.2, 0.25) is 0 Å². The summed E-state index contributed by atoms with van der Waals surface area (Å²) in [6, 6.07) is 12.1. The van der Waals surface area contributed by atoms with Crippen LogP contribution in [0.5, 0.6) is 5.75 Å². The number of hydrogen-bond donors (Lipinski definition) is 0. The van der Waals surface area contributed by atoms with Crippen LogP contribution in [0.3, 0.4) is 0 Å². The second-order valence-corrected chi connectivity index (χ2v) is 4.56. The lowest BCUT2D eigenvalue weighted by molar-refractivity contribution is 0.304. The zero-order valence-corrected chi connectivity index (χ0v) is 11.9. The lowest BCUT2D eigenvalue weighted by atomic mass is 10.1. The summed E-state index contributed by atoms with van der Waals surface area (Å²) in [5.74, 6) is 6.43. The van der Waals surface area contributed by atoms with E-state index in [1.165, 1.54) is 12.1 Å². The minimum atomic E-state index is -0.260. The number of alkyl halides is 1. The van der Waals surface area contributed by atoms with Crippen LogP contribution >= 0.6 is 11.6 Å². The summed E-state index contributed by atoms with van der Waals surface area (Å²) < 4.78 is 19.0. The van der Waals surface area contributed by atoms with Crippen molar-refractivity contribution in [3.63, 3.8) is 0 Å². The van der Waals surface area contributed by atoms with Crippen molar-refractivity contribution in [2.45, 2.75) is 13.5 Å². The topological polar surface area (TPSA) is 9.23 Å². The Hall–Kier alpha value is -1.98. The molecule has 1 nitrogen and oxygen atoms in total. The summed E-state index contributed by atoms with van der Waals surface area (Å²) in [5.41, 5.74) is 2.60. The van der Waals surface area contributed by atoms with Crippen LogP contribution in [-0.2, 0) is 6.61 Å². The van der Waals surface area contributed by atoms with E-state index >= 15 is 0 Å². The normalized spacial score (nSPS) is 9.75. The minimum Gasteiger partial charge on any atom is -0.488 e. The largest absolute Gasteiger partial charge is 0.488 e. The van der Waals surface area contributed by atoms with Gasteiger partial charge in [-0.05, 0) is 42.3 Å². The highest BCUT2D eigenvalue weighted by atomic mass is 35.5. The number of ether oxygens (including phenoxy) is 1. The molecule has 0 aliphatic carbocycles. The van der Waals surface area contributed by atoms with Crippen molar-refractivity contribution >= 4 is 11.6 Å². The highest BCUT2D eigenvalue weighted by Gasteiger charge is 2.04. The van der Waals surface area contributed by atoms with E-state index in [0.29, 0.717) is 12.4 Å². The first-order valence-electron chi connectivity index (χ1n) is 6.22. The number of halogens is 2. The first-order valence-corrected chi connectivity index (χ1v) is 6.76. The Balaban J connectivity index is 2.17. The van der Waals surface area contributed by atoms with Crippen LogP contribution in [0.1, 0.15) is 16.7 Å². The molecular weight excluding hydrogens is 275 g/mol. The van der Waals surface area contributed by atoms with Crippen molar-refractivity contribution in [2.24, 2.45) is 0 Å². The summed E-state index contributed by atoms with van der Waals surface area (Å²) in [6.45, 7) is 2.24. The predicted molar refractivity (Wildman–Crippen MR) is 79.5 cm³/mol. The molecule has 102 valence electrons. The Morgan fingerprint density at radius 2 is 2.00 bits per heavy atom. The third kappa shape index (κ3) is 3.76. The molecule has 0 saturated carbocycles. The molecule has 2 aromatic rings. The van der Waals surface area contributed by atoms with Gasteiger partial charge in [-0.1, -0.05) is 30.0 Å². The van der Waals surface area contributed by atoms with Crippen LogP contribution in [-0.4, -0.2) is 5.88 Å². The number of rotatable bonds is 3. The third-order valence-electron chi connectivity index (χ3n) is 2.87. The summed E-state index contributed by atoms with van der Waals surface area (Å²) in [6.07, 6.45) is 0. The Morgan fingerprint density at radius 1 is 1.20 bits per heavy atom. The van der Waals surface area contributed by atoms with Crippen molar-refractivity contribution in [3.8, 4) is 17.6 Å². The zero-order chi connectivity index (χ0) is 14.4. The molecule has 0 atom stereocenters. The molecule has 0 N–H and O–H groups in total. The number of benzene rings is 2. The summed E-state index contributed by atoms with van der Waals surface area (Å²) in [4.78, 5) is 0. The molecule has 2 rings (SSSR count). The number of para-hydroxylation sites is 1. The highest BCUT2D eigenvalue weighted by Crippen LogP contribution is 2.19. The standard InChI is InChI=1S/C17H14ClFO/c1-13-8-9-16(19)11-15(13)12-20-17-7-3-2-5-14(17)6-4-10-18/h2-3,5,7-9,11H,10,12H2,1H3. The van der Waals surface area contributed by atoms with Crippen LogP contribution < -0.4 is 4.74 Å². The maximum atomic E-state index is 13.2. The van der Waals surface area contributed by atoms with E-state index in [9.17, 15) is 4.39 Å². The summed E-state index contributed by atoms with van der Waals surface area (Å²) in [7, 11) is 0. The molecule has 0 aromatic heterocycles. The fourth-order valence-corrected chi connectivity index (χ4v) is 1.84. The summed E-state index contributed by atoms with van der Waals surface area (Å²) in [5, 5.41) is 0. The van der Waals surface area contributed by atoms with Gasteiger partial charge in [0, 0.05) is 0 Å². The van der Waals surface area contributed by atoms with Crippen molar-refractivity contribution in [1.82, 2.24) is 0 Å². The van der Waals surface area contributed by atoms with Crippen molar-refractivity contribution in [3.05, 3.63) is 65.0 Å². The van der Waals surface area contributed by atoms with E-state index in [2.05, 4.69) is 11.8 Å². The van der Waals surface area contributed by atoms with E-state index in [4.69, 9.17) is 16.3 Å². The second kappa shape index (κ2) is 6.98. The molecule has 0 saturated heterocycles. The fourth-order valence-electron chi connectivity index (χ4n) is 1.78. The molecule has 20 heavy (non-hydrogen) atoms. The van der Waals surface area contributed by atoms with E-state index in [0.717, 1.165) is 16.7 Å². The minimum absolute atomic E-state index is 0.260. The lowest BCUT2D eigenvalue weighted by Gasteiger charge is -2.10. The number of hydrogen-bond acceptors (Lipinski definition) is 1. The predicted octanol–water partition coefficient (Wildman–Crippen LogP) is 4.30. The third-order valence-corrected chi connectivity index (χ3v) is 3.00. The Bertz CT molecular complexity index is 656. The van der Waals surface area contributed by atoms with Gasteiger partial charge in [0.25, 0.3) is 0 Å². The van der Waals surface area contributed by atoms with Crippen LogP contribution in [0, 0.1) is 24.6 Å². The maximum absolute atomic E-state index is 13.2. The first kappa shape index (κ1) is 14.4. The van der Waals surface area contributed by atoms with Gasteiger partial charge in [0.2, 0.25) is 0 Å². The Labute approximate surface area is 123 Å². The second-order valence-electron chi connectivity index (χ2n) is 4.29. The van der Waals surface area contributed by atoms with Gasteiger partial charge in [0.15, 0.2) is 0 Å². The van der Waals surface area contributed by atoms with Crippen LogP contribution in [0.4, 0.5) is 4.39 Å². The molecule has 0 spiro atoms. The first-order chi connectivity index (χ1) is 9.70. The molecule has 0 bridgehead atoms. The SMILES string of the molecule is Cc1ccc(F)cc1COc1ccccc1C#CCCl. The zero-order valence-electron chi connectivity index (χ0n) is 11.1. The van der Waals surface area contributed by atoms with E-state index in [1.54, 1.807) is 6.07 Å². The molecule has 0 aliphatic rings. The van der Waals surface area contributed by atoms with Gasteiger partial charge in [0.1, 0.15) is 18.2 Å². The average molecular weight is 289 g/mol. The van der Waals surface area contributed by atoms with E-state index in [-0.39, 0.29) is 11.7 Å². The average Bonchev–Trinajstić information content (AvgIpc) is 2.47. The molecule has 3 heteroatoms. The fraction of sp³-hybridized carbons (Fsp3) is 0.176. The van der Waals surface area contributed by atoms with Gasteiger partial charge in [-0.25, -0.2) is 4.39 Å². The molecule has 0 fully saturated rings. The van der Waals surface area contributed by atoms with Gasteiger partial charge in [-0.15, -0.1) is 11.6 Å². The molecule has 2 aromatic carbocycles. The van der Waals surface area contributed by atoms with Gasteiger partial charge < -0.3 is 4.74 Å². The lowest BCUT2D eigenvalue weighted by Crippen LogP contribution is -2.00. The van der Waals surface area contributed by atoms with E-state index in [1.807, 2.05) is 31.2 Å². The highest BCUT2D eigenvalue weighted by molar-refractivity contribution is 6.19. The van der Waals surface area contributed by atoms with Gasteiger partial charge in [0.05, 0.1) is 11.4 Å². The molecule has 0 amide bonds. The number of aryl methyl sites for hydroxylation is 1. The maximum Gasteiger partial charge on any atom is 0.135 e. The smallest absolute Gasteiger partial charge is 0.135 e. The molecule has 0 unspecified atom stereocenters.